The number of hydrogen-bond acceptors (Lipinski definition) is 4. The van der Waals surface area contributed by atoms with Gasteiger partial charge in [-0.3, -0.25) is 9.59 Å². The highest BCUT2D eigenvalue weighted by molar-refractivity contribution is 7.89. The molecule has 4 rings (SSSR count). The second-order valence-electron chi connectivity index (χ2n) is 9.58. The third-order valence-corrected chi connectivity index (χ3v) is 9.25. The molecule has 1 saturated carbocycles. The van der Waals surface area contributed by atoms with E-state index >= 15 is 0 Å². The number of carbonyl (C=O) groups excluding carboxylic acids is 2. The van der Waals surface area contributed by atoms with Crippen LogP contribution in [0.4, 0.5) is 0 Å². The zero-order valence-corrected chi connectivity index (χ0v) is 19.8. The summed E-state index contributed by atoms with van der Waals surface area (Å²) in [5.41, 5.74) is 1.02. The smallest absolute Gasteiger partial charge is 0.243 e. The standard InChI is InChI=1S/C24H35N3O4S/c1-18-6-8-22(9-7-18)32(30,31)27-16-12-20(13-17-27)24(29)26-14-10-19(11-15-26)23(28)25-21-4-2-3-5-21/h6-9,19-21H,2-5,10-17H2,1H3,(H,25,28). The van der Waals surface area contributed by atoms with E-state index in [1.807, 2.05) is 11.8 Å². The van der Waals surface area contributed by atoms with Gasteiger partial charge in [0.15, 0.2) is 0 Å². The lowest BCUT2D eigenvalue weighted by atomic mass is 9.92. The number of aryl methyl sites for hydroxylation is 1. The van der Waals surface area contributed by atoms with Gasteiger partial charge in [0.25, 0.3) is 0 Å². The van der Waals surface area contributed by atoms with Crippen molar-refractivity contribution in [2.75, 3.05) is 26.2 Å². The summed E-state index contributed by atoms with van der Waals surface area (Å²) in [5, 5.41) is 3.19. The molecule has 2 aliphatic heterocycles. The molecule has 1 N–H and O–H groups in total. The molecule has 2 amide bonds. The molecule has 32 heavy (non-hydrogen) atoms. The van der Waals surface area contributed by atoms with E-state index in [1.165, 1.54) is 17.1 Å². The van der Waals surface area contributed by atoms with Crippen LogP contribution in [0.1, 0.15) is 56.9 Å². The van der Waals surface area contributed by atoms with Gasteiger partial charge in [0.2, 0.25) is 21.8 Å². The molecule has 2 heterocycles. The fourth-order valence-electron chi connectivity index (χ4n) is 5.21. The van der Waals surface area contributed by atoms with Crippen molar-refractivity contribution in [3.05, 3.63) is 29.8 Å². The SMILES string of the molecule is Cc1ccc(S(=O)(=O)N2CCC(C(=O)N3CCC(C(=O)NC4CCCC4)CC3)CC2)cc1. The predicted octanol–water partition coefficient (Wildman–Crippen LogP) is 2.69. The summed E-state index contributed by atoms with van der Waals surface area (Å²) >= 11 is 0. The third-order valence-electron chi connectivity index (χ3n) is 7.34. The van der Waals surface area contributed by atoms with Crippen LogP contribution < -0.4 is 5.32 Å². The Morgan fingerprint density at radius 3 is 2.00 bits per heavy atom. The quantitative estimate of drug-likeness (QED) is 0.730. The van der Waals surface area contributed by atoms with E-state index in [0.717, 1.165) is 18.4 Å². The number of amides is 2. The molecule has 0 unspecified atom stereocenters. The fourth-order valence-corrected chi connectivity index (χ4v) is 6.68. The number of sulfonamides is 1. The third kappa shape index (κ3) is 5.17. The number of nitrogens with zero attached hydrogens (tertiary/aromatic N) is 2. The van der Waals surface area contributed by atoms with Crippen molar-refractivity contribution >= 4 is 21.8 Å². The van der Waals surface area contributed by atoms with E-state index in [1.54, 1.807) is 24.3 Å². The highest BCUT2D eigenvalue weighted by Gasteiger charge is 2.36. The Labute approximate surface area is 191 Å². The molecular weight excluding hydrogens is 426 g/mol. The molecule has 8 heteroatoms. The Bertz CT molecular complexity index is 909. The van der Waals surface area contributed by atoms with Crippen LogP contribution in [-0.4, -0.2) is 61.7 Å². The average molecular weight is 462 g/mol. The minimum Gasteiger partial charge on any atom is -0.353 e. The molecule has 0 aromatic heterocycles. The van der Waals surface area contributed by atoms with Crippen LogP contribution in [0.5, 0.6) is 0 Å². The number of carbonyl (C=O) groups is 2. The molecule has 0 spiro atoms. The van der Waals surface area contributed by atoms with Crippen molar-refractivity contribution in [2.24, 2.45) is 11.8 Å². The van der Waals surface area contributed by atoms with Gasteiger partial charge in [0.05, 0.1) is 4.90 Å². The largest absolute Gasteiger partial charge is 0.353 e. The van der Waals surface area contributed by atoms with Crippen LogP contribution in [0, 0.1) is 18.8 Å². The molecule has 1 aromatic rings. The lowest BCUT2D eigenvalue weighted by molar-refractivity contribution is -0.140. The van der Waals surface area contributed by atoms with Crippen molar-refractivity contribution in [3.8, 4) is 0 Å². The Hall–Kier alpha value is -1.93. The zero-order chi connectivity index (χ0) is 22.7. The number of benzene rings is 1. The lowest BCUT2D eigenvalue weighted by Gasteiger charge is -2.36. The molecule has 1 aliphatic carbocycles. The summed E-state index contributed by atoms with van der Waals surface area (Å²) in [6.07, 6.45) is 7.09. The van der Waals surface area contributed by atoms with E-state index in [0.29, 0.717) is 62.8 Å². The second kappa shape index (κ2) is 9.91. The van der Waals surface area contributed by atoms with Crippen LogP contribution >= 0.6 is 0 Å². The number of rotatable bonds is 5. The molecular formula is C24H35N3O4S. The number of likely N-dealkylation sites (tertiary alicyclic amines) is 1. The maximum Gasteiger partial charge on any atom is 0.243 e. The normalized spacial score (nSPS) is 22.2. The first kappa shape index (κ1) is 23.2. The zero-order valence-electron chi connectivity index (χ0n) is 19.0. The van der Waals surface area contributed by atoms with E-state index in [-0.39, 0.29) is 23.7 Å². The molecule has 3 aliphatic rings. The monoisotopic (exact) mass is 461 g/mol. The van der Waals surface area contributed by atoms with Crippen molar-refractivity contribution in [1.82, 2.24) is 14.5 Å². The van der Waals surface area contributed by atoms with Gasteiger partial charge in [-0.15, -0.1) is 0 Å². The van der Waals surface area contributed by atoms with E-state index in [9.17, 15) is 18.0 Å². The summed E-state index contributed by atoms with van der Waals surface area (Å²) in [5.74, 6) is 0.134. The summed E-state index contributed by atoms with van der Waals surface area (Å²) < 4.78 is 27.3. The van der Waals surface area contributed by atoms with Gasteiger partial charge in [-0.05, 0) is 57.6 Å². The number of hydrogen-bond donors (Lipinski definition) is 1. The Balaban J connectivity index is 1.25. The van der Waals surface area contributed by atoms with Crippen LogP contribution in [0.2, 0.25) is 0 Å². The fraction of sp³-hybridized carbons (Fsp3) is 0.667. The Morgan fingerprint density at radius 1 is 0.844 bits per heavy atom. The Kier molecular flexibility index (Phi) is 7.20. The first-order valence-electron chi connectivity index (χ1n) is 12.0. The van der Waals surface area contributed by atoms with Crippen molar-refractivity contribution in [1.29, 1.82) is 0 Å². The molecule has 0 atom stereocenters. The summed E-state index contributed by atoms with van der Waals surface area (Å²) in [4.78, 5) is 27.7. The second-order valence-corrected chi connectivity index (χ2v) is 11.5. The maximum absolute atomic E-state index is 13.0. The lowest BCUT2D eigenvalue weighted by Crippen LogP contribution is -2.48. The van der Waals surface area contributed by atoms with Crippen LogP contribution in [0.15, 0.2) is 29.2 Å². The minimum absolute atomic E-state index is 0.00106. The number of nitrogens with one attached hydrogen (secondary N) is 1. The summed E-state index contributed by atoms with van der Waals surface area (Å²) in [6, 6.07) is 7.24. The van der Waals surface area contributed by atoms with Gasteiger partial charge in [-0.1, -0.05) is 30.5 Å². The van der Waals surface area contributed by atoms with Crippen LogP contribution in [-0.2, 0) is 19.6 Å². The maximum atomic E-state index is 13.0. The van der Waals surface area contributed by atoms with Gasteiger partial charge in [-0.25, -0.2) is 8.42 Å². The predicted molar refractivity (Wildman–Crippen MR) is 122 cm³/mol. The summed E-state index contributed by atoms with van der Waals surface area (Å²) in [6.45, 7) is 3.89. The highest BCUT2D eigenvalue weighted by Crippen LogP contribution is 2.27. The van der Waals surface area contributed by atoms with Crippen LogP contribution in [0.3, 0.4) is 0 Å². The molecule has 2 saturated heterocycles. The Morgan fingerprint density at radius 2 is 1.41 bits per heavy atom. The van der Waals surface area contributed by atoms with E-state index in [4.69, 9.17) is 0 Å². The number of piperidine rings is 2. The summed E-state index contributed by atoms with van der Waals surface area (Å²) in [7, 11) is -3.52. The average Bonchev–Trinajstić information content (AvgIpc) is 3.32. The molecule has 0 bridgehead atoms. The van der Waals surface area contributed by atoms with E-state index in [2.05, 4.69) is 5.32 Å². The van der Waals surface area contributed by atoms with Crippen LogP contribution in [0.25, 0.3) is 0 Å². The molecule has 0 radical (unpaired) electrons. The van der Waals surface area contributed by atoms with Gasteiger partial charge in [0, 0.05) is 44.1 Å². The van der Waals surface area contributed by atoms with Gasteiger partial charge in [-0.2, -0.15) is 4.31 Å². The van der Waals surface area contributed by atoms with Crippen molar-refractivity contribution in [3.63, 3.8) is 0 Å². The first-order chi connectivity index (χ1) is 15.3. The van der Waals surface area contributed by atoms with Crippen molar-refractivity contribution < 1.29 is 18.0 Å². The topological polar surface area (TPSA) is 86.8 Å². The molecule has 3 fully saturated rings. The van der Waals surface area contributed by atoms with Crippen molar-refractivity contribution in [2.45, 2.75) is 69.2 Å². The van der Waals surface area contributed by atoms with Gasteiger partial charge < -0.3 is 10.2 Å². The van der Waals surface area contributed by atoms with Gasteiger partial charge >= 0.3 is 0 Å². The van der Waals surface area contributed by atoms with Gasteiger partial charge in [0.1, 0.15) is 0 Å². The molecule has 1 aromatic carbocycles. The minimum atomic E-state index is -3.52. The molecule has 176 valence electrons. The molecule has 7 nitrogen and oxygen atoms in total. The highest BCUT2D eigenvalue weighted by atomic mass is 32.2. The first-order valence-corrected chi connectivity index (χ1v) is 13.4. The van der Waals surface area contributed by atoms with E-state index < -0.39 is 10.0 Å².